The minimum Gasteiger partial charge on any atom is -0.387 e. The Morgan fingerprint density at radius 1 is 1.19 bits per heavy atom. The van der Waals surface area contributed by atoms with Crippen LogP contribution in [0, 0.1) is 11.6 Å². The van der Waals surface area contributed by atoms with Crippen LogP contribution in [-0.2, 0) is 6.42 Å². The topological polar surface area (TPSA) is 36.0 Å². The number of nitrogens with one attached hydrogen (secondary N) is 1. The molecule has 2 nitrogen and oxygen atoms in total. The second kappa shape index (κ2) is 4.45. The number of hydrogen-bond acceptors (Lipinski definition) is 1. The summed E-state index contributed by atoms with van der Waals surface area (Å²) in [6, 6.07) is 7.38. The molecule has 1 unspecified atom stereocenters. The normalized spacial score (nSPS) is 12.7. The molecule has 84 valence electrons. The van der Waals surface area contributed by atoms with Crippen LogP contribution in [0.4, 0.5) is 8.78 Å². The quantitative estimate of drug-likeness (QED) is 0.824. The fraction of sp³-hybridized carbons (Fsp3) is 0.167. The van der Waals surface area contributed by atoms with Gasteiger partial charge >= 0.3 is 0 Å². The molecule has 0 saturated carbocycles. The Morgan fingerprint density at radius 2 is 2.00 bits per heavy atom. The van der Waals surface area contributed by atoms with Crippen molar-refractivity contribution in [2.45, 2.75) is 12.5 Å². The van der Waals surface area contributed by atoms with Gasteiger partial charge in [0.1, 0.15) is 0 Å². The van der Waals surface area contributed by atoms with Gasteiger partial charge in [-0.2, -0.15) is 0 Å². The Hall–Kier alpha value is -1.68. The summed E-state index contributed by atoms with van der Waals surface area (Å²) in [7, 11) is 0. The van der Waals surface area contributed by atoms with Crippen molar-refractivity contribution in [2.75, 3.05) is 0 Å². The van der Waals surface area contributed by atoms with E-state index in [1.54, 1.807) is 18.3 Å². The molecular weight excluding hydrogens is 212 g/mol. The molecule has 0 amide bonds. The van der Waals surface area contributed by atoms with Crippen molar-refractivity contribution >= 4 is 0 Å². The van der Waals surface area contributed by atoms with Crippen molar-refractivity contribution in [3.05, 3.63) is 59.4 Å². The largest absolute Gasteiger partial charge is 0.387 e. The molecule has 2 N–H and O–H groups in total. The lowest BCUT2D eigenvalue weighted by Gasteiger charge is -2.09. The van der Waals surface area contributed by atoms with Crippen LogP contribution in [0.5, 0.6) is 0 Å². The molecule has 2 aromatic rings. The molecule has 1 heterocycles. The zero-order valence-corrected chi connectivity index (χ0v) is 8.45. The number of aromatic amines is 1. The summed E-state index contributed by atoms with van der Waals surface area (Å²) in [6.07, 6.45) is 0.858. The van der Waals surface area contributed by atoms with Crippen LogP contribution in [0.1, 0.15) is 17.4 Å². The van der Waals surface area contributed by atoms with Gasteiger partial charge in [-0.05, 0) is 23.8 Å². The fourth-order valence-corrected chi connectivity index (χ4v) is 1.58. The lowest BCUT2D eigenvalue weighted by molar-refractivity contribution is 0.172. The SMILES string of the molecule is OC(Cc1cccc(F)c1F)c1ccc[nH]1. The molecule has 4 heteroatoms. The van der Waals surface area contributed by atoms with E-state index in [1.807, 2.05) is 0 Å². The van der Waals surface area contributed by atoms with Gasteiger partial charge in [0.2, 0.25) is 0 Å². The van der Waals surface area contributed by atoms with Gasteiger partial charge in [0, 0.05) is 18.3 Å². The molecule has 0 bridgehead atoms. The Morgan fingerprint density at radius 3 is 2.69 bits per heavy atom. The van der Waals surface area contributed by atoms with E-state index in [0.717, 1.165) is 6.07 Å². The van der Waals surface area contributed by atoms with Gasteiger partial charge < -0.3 is 10.1 Å². The number of benzene rings is 1. The Labute approximate surface area is 91.6 Å². The first-order valence-electron chi connectivity index (χ1n) is 4.92. The molecule has 1 atom stereocenters. The smallest absolute Gasteiger partial charge is 0.162 e. The maximum atomic E-state index is 13.3. The standard InChI is InChI=1S/C12H11F2NO/c13-9-4-1-3-8(12(9)14)7-11(16)10-5-2-6-15-10/h1-6,11,15-16H,7H2. The predicted octanol–water partition coefficient (Wildman–Crippen LogP) is 2.57. The molecule has 0 saturated heterocycles. The predicted molar refractivity (Wildman–Crippen MR) is 55.8 cm³/mol. The molecule has 0 aliphatic rings. The van der Waals surface area contributed by atoms with E-state index < -0.39 is 17.7 Å². The van der Waals surface area contributed by atoms with Crippen LogP contribution in [-0.4, -0.2) is 10.1 Å². The molecule has 0 aliphatic heterocycles. The summed E-state index contributed by atoms with van der Waals surface area (Å²) in [5, 5.41) is 9.76. The lowest BCUT2D eigenvalue weighted by atomic mass is 10.1. The maximum Gasteiger partial charge on any atom is 0.162 e. The van der Waals surface area contributed by atoms with E-state index >= 15 is 0 Å². The average Bonchev–Trinajstić information content (AvgIpc) is 2.78. The van der Waals surface area contributed by atoms with E-state index in [2.05, 4.69) is 4.98 Å². The van der Waals surface area contributed by atoms with Gasteiger partial charge in [0.15, 0.2) is 11.6 Å². The number of rotatable bonds is 3. The van der Waals surface area contributed by atoms with E-state index in [1.165, 1.54) is 12.1 Å². The summed E-state index contributed by atoms with van der Waals surface area (Å²) in [4.78, 5) is 2.83. The van der Waals surface area contributed by atoms with Crippen molar-refractivity contribution in [1.82, 2.24) is 4.98 Å². The van der Waals surface area contributed by atoms with Gasteiger partial charge in [0.05, 0.1) is 6.10 Å². The Kier molecular flexibility index (Phi) is 3.01. The third kappa shape index (κ3) is 2.12. The number of aliphatic hydroxyl groups is 1. The third-order valence-electron chi connectivity index (χ3n) is 2.43. The number of halogens is 2. The summed E-state index contributed by atoms with van der Waals surface area (Å²) in [6.45, 7) is 0. The lowest BCUT2D eigenvalue weighted by Crippen LogP contribution is -2.04. The minimum absolute atomic E-state index is 0.0457. The minimum atomic E-state index is -0.895. The van der Waals surface area contributed by atoms with Crippen molar-refractivity contribution in [3.63, 3.8) is 0 Å². The molecule has 1 aromatic heterocycles. The fourth-order valence-electron chi connectivity index (χ4n) is 1.58. The first-order chi connectivity index (χ1) is 7.68. The summed E-state index contributed by atoms with van der Waals surface area (Å²) < 4.78 is 26.2. The van der Waals surface area contributed by atoms with E-state index in [4.69, 9.17) is 0 Å². The van der Waals surface area contributed by atoms with Gasteiger partial charge in [-0.1, -0.05) is 12.1 Å². The highest BCUT2D eigenvalue weighted by molar-refractivity contribution is 5.21. The highest BCUT2D eigenvalue weighted by Gasteiger charge is 2.14. The first-order valence-corrected chi connectivity index (χ1v) is 4.92. The van der Waals surface area contributed by atoms with E-state index in [0.29, 0.717) is 5.69 Å². The number of hydrogen-bond donors (Lipinski definition) is 2. The molecule has 0 spiro atoms. The van der Waals surface area contributed by atoms with Crippen LogP contribution in [0.15, 0.2) is 36.5 Å². The van der Waals surface area contributed by atoms with Gasteiger partial charge in [-0.15, -0.1) is 0 Å². The van der Waals surface area contributed by atoms with Gasteiger partial charge in [-0.3, -0.25) is 0 Å². The van der Waals surface area contributed by atoms with E-state index in [-0.39, 0.29) is 12.0 Å². The van der Waals surface area contributed by atoms with Crippen LogP contribution in [0.3, 0.4) is 0 Å². The summed E-state index contributed by atoms with van der Waals surface area (Å²) in [5.74, 6) is -1.79. The molecule has 1 aromatic carbocycles. The van der Waals surface area contributed by atoms with Gasteiger partial charge in [0.25, 0.3) is 0 Å². The second-order valence-corrected chi connectivity index (χ2v) is 3.56. The van der Waals surface area contributed by atoms with Crippen LogP contribution in [0.2, 0.25) is 0 Å². The second-order valence-electron chi connectivity index (χ2n) is 3.56. The third-order valence-corrected chi connectivity index (χ3v) is 2.43. The number of H-pyrrole nitrogens is 1. The molecule has 0 radical (unpaired) electrons. The highest BCUT2D eigenvalue weighted by Crippen LogP contribution is 2.19. The number of aromatic nitrogens is 1. The Balaban J connectivity index is 2.18. The van der Waals surface area contributed by atoms with Crippen LogP contribution >= 0.6 is 0 Å². The zero-order chi connectivity index (χ0) is 11.5. The monoisotopic (exact) mass is 223 g/mol. The molecule has 0 fully saturated rings. The molecule has 16 heavy (non-hydrogen) atoms. The molecule has 2 rings (SSSR count). The van der Waals surface area contributed by atoms with Crippen molar-refractivity contribution in [3.8, 4) is 0 Å². The number of aliphatic hydroxyl groups excluding tert-OH is 1. The van der Waals surface area contributed by atoms with Crippen LogP contribution in [0.25, 0.3) is 0 Å². The zero-order valence-electron chi connectivity index (χ0n) is 8.45. The first kappa shape index (κ1) is 10.8. The summed E-state index contributed by atoms with van der Waals surface area (Å²) >= 11 is 0. The van der Waals surface area contributed by atoms with E-state index in [9.17, 15) is 13.9 Å². The molecular formula is C12H11F2NO. The van der Waals surface area contributed by atoms with Gasteiger partial charge in [-0.25, -0.2) is 8.78 Å². The molecule has 0 aliphatic carbocycles. The van der Waals surface area contributed by atoms with Crippen molar-refractivity contribution < 1.29 is 13.9 Å². The summed E-state index contributed by atoms with van der Waals surface area (Å²) in [5.41, 5.74) is 0.755. The Bertz CT molecular complexity index is 468. The van der Waals surface area contributed by atoms with Crippen LogP contribution < -0.4 is 0 Å². The van der Waals surface area contributed by atoms with Crippen molar-refractivity contribution in [1.29, 1.82) is 0 Å². The average molecular weight is 223 g/mol. The maximum absolute atomic E-state index is 13.3. The highest BCUT2D eigenvalue weighted by atomic mass is 19.2. The van der Waals surface area contributed by atoms with Crippen molar-refractivity contribution in [2.24, 2.45) is 0 Å².